The molecular weight excluding hydrogens is 237 g/mol. The van der Waals surface area contributed by atoms with E-state index >= 15 is 0 Å². The highest BCUT2D eigenvalue weighted by atomic mass is 35.5. The fourth-order valence-electron chi connectivity index (χ4n) is 1.49. The monoisotopic (exact) mass is 249 g/mol. The lowest BCUT2D eigenvalue weighted by Gasteiger charge is -2.16. The third-order valence-corrected chi connectivity index (χ3v) is 2.62. The standard InChI is InChI=1S/C9H12ClN3O.ClH/c1-2-14-8(11)9(3-4-9)13-6-7(10)5-12-13;/h5-6,11H,2-4H2,1H3;1H. The number of hydrogen-bond acceptors (Lipinski definition) is 3. The summed E-state index contributed by atoms with van der Waals surface area (Å²) in [7, 11) is 0. The maximum absolute atomic E-state index is 7.77. The summed E-state index contributed by atoms with van der Waals surface area (Å²) >= 11 is 5.78. The zero-order valence-corrected chi connectivity index (χ0v) is 9.94. The normalized spacial score (nSPS) is 16.7. The van der Waals surface area contributed by atoms with Gasteiger partial charge in [-0.1, -0.05) is 11.6 Å². The molecule has 1 saturated carbocycles. The zero-order chi connectivity index (χ0) is 10.2. The Hall–Kier alpha value is -0.740. The van der Waals surface area contributed by atoms with Crippen LogP contribution in [0.15, 0.2) is 12.4 Å². The van der Waals surface area contributed by atoms with Crippen LogP contribution >= 0.6 is 24.0 Å². The van der Waals surface area contributed by atoms with Gasteiger partial charge in [0, 0.05) is 6.20 Å². The summed E-state index contributed by atoms with van der Waals surface area (Å²) in [5, 5.41) is 12.5. The van der Waals surface area contributed by atoms with Crippen LogP contribution in [-0.4, -0.2) is 22.3 Å². The van der Waals surface area contributed by atoms with Crippen LogP contribution < -0.4 is 0 Å². The highest BCUT2D eigenvalue weighted by molar-refractivity contribution is 6.30. The van der Waals surface area contributed by atoms with Crippen LogP contribution in [0.1, 0.15) is 19.8 Å². The van der Waals surface area contributed by atoms with Crippen molar-refractivity contribution in [3.63, 3.8) is 0 Å². The van der Waals surface area contributed by atoms with Gasteiger partial charge in [0.25, 0.3) is 0 Å². The highest BCUT2D eigenvalue weighted by Gasteiger charge is 2.51. The van der Waals surface area contributed by atoms with Gasteiger partial charge in [0.2, 0.25) is 5.90 Å². The minimum Gasteiger partial charge on any atom is -0.480 e. The van der Waals surface area contributed by atoms with E-state index in [1.807, 2.05) is 6.92 Å². The molecule has 6 heteroatoms. The van der Waals surface area contributed by atoms with Gasteiger partial charge in [-0.3, -0.25) is 10.1 Å². The molecular formula is C9H13Cl2N3O. The fraction of sp³-hybridized carbons (Fsp3) is 0.556. The lowest BCUT2D eigenvalue weighted by Crippen LogP contribution is -2.29. The number of ether oxygens (including phenoxy) is 1. The van der Waals surface area contributed by atoms with Crippen molar-refractivity contribution in [3.8, 4) is 0 Å². The first-order valence-electron chi connectivity index (χ1n) is 4.61. The Morgan fingerprint density at radius 2 is 2.40 bits per heavy atom. The van der Waals surface area contributed by atoms with E-state index in [-0.39, 0.29) is 17.9 Å². The molecule has 1 aromatic heterocycles. The van der Waals surface area contributed by atoms with Gasteiger partial charge >= 0.3 is 0 Å². The van der Waals surface area contributed by atoms with Gasteiger partial charge in [-0.2, -0.15) is 5.10 Å². The van der Waals surface area contributed by atoms with Crippen LogP contribution in [0.2, 0.25) is 5.02 Å². The van der Waals surface area contributed by atoms with Crippen molar-refractivity contribution in [1.29, 1.82) is 5.41 Å². The predicted molar refractivity (Wildman–Crippen MR) is 61.0 cm³/mol. The average Bonchev–Trinajstić information content (AvgIpc) is 2.85. The van der Waals surface area contributed by atoms with E-state index in [4.69, 9.17) is 21.7 Å². The van der Waals surface area contributed by atoms with Gasteiger partial charge in [-0.15, -0.1) is 12.4 Å². The lowest BCUT2D eigenvalue weighted by atomic mass is 10.3. The number of aromatic nitrogens is 2. The first-order valence-corrected chi connectivity index (χ1v) is 4.99. The van der Waals surface area contributed by atoms with E-state index in [1.54, 1.807) is 17.1 Å². The van der Waals surface area contributed by atoms with Crippen LogP contribution in [0.3, 0.4) is 0 Å². The molecule has 0 aromatic carbocycles. The molecule has 0 radical (unpaired) electrons. The van der Waals surface area contributed by atoms with Gasteiger partial charge in [0.05, 0.1) is 17.8 Å². The molecule has 1 fully saturated rings. The molecule has 1 aliphatic rings. The van der Waals surface area contributed by atoms with E-state index in [2.05, 4.69) is 5.10 Å². The first kappa shape index (κ1) is 12.3. The SMILES string of the molecule is CCOC(=N)C1(n2cc(Cl)cn2)CC1.Cl. The van der Waals surface area contributed by atoms with Gasteiger partial charge in [0.1, 0.15) is 5.54 Å². The van der Waals surface area contributed by atoms with Gasteiger partial charge in [-0.25, -0.2) is 0 Å². The van der Waals surface area contributed by atoms with Crippen LogP contribution in [0.4, 0.5) is 0 Å². The Bertz CT molecular complexity index is 360. The van der Waals surface area contributed by atoms with Gasteiger partial charge in [-0.05, 0) is 19.8 Å². The number of hydrogen-bond donors (Lipinski definition) is 1. The molecule has 1 N–H and O–H groups in total. The summed E-state index contributed by atoms with van der Waals surface area (Å²) in [6, 6.07) is 0. The van der Waals surface area contributed by atoms with Crippen LogP contribution in [0, 0.1) is 5.41 Å². The average molecular weight is 250 g/mol. The number of halogens is 2. The molecule has 0 aliphatic heterocycles. The van der Waals surface area contributed by atoms with Crippen LogP contribution in [0.25, 0.3) is 0 Å². The minimum absolute atomic E-state index is 0. The molecule has 0 saturated heterocycles. The Balaban J connectivity index is 0.00000112. The molecule has 0 unspecified atom stereocenters. The second-order valence-corrected chi connectivity index (χ2v) is 3.83. The van der Waals surface area contributed by atoms with Gasteiger partial charge in [0.15, 0.2) is 0 Å². The molecule has 0 bridgehead atoms. The molecule has 84 valence electrons. The number of nitrogens with zero attached hydrogens (tertiary/aromatic N) is 2. The fourth-order valence-corrected chi connectivity index (χ4v) is 1.63. The Kier molecular flexibility index (Phi) is 3.62. The highest BCUT2D eigenvalue weighted by Crippen LogP contribution is 2.44. The lowest BCUT2D eigenvalue weighted by molar-refractivity contribution is 0.285. The molecule has 1 heterocycles. The summed E-state index contributed by atoms with van der Waals surface area (Å²) in [4.78, 5) is 0. The molecule has 0 spiro atoms. The van der Waals surface area contributed by atoms with Crippen molar-refractivity contribution in [1.82, 2.24) is 9.78 Å². The van der Waals surface area contributed by atoms with Crippen molar-refractivity contribution in [3.05, 3.63) is 17.4 Å². The summed E-state index contributed by atoms with van der Waals surface area (Å²) in [5.41, 5.74) is -0.344. The van der Waals surface area contributed by atoms with Crippen molar-refractivity contribution in [2.45, 2.75) is 25.3 Å². The van der Waals surface area contributed by atoms with Crippen LogP contribution in [-0.2, 0) is 10.3 Å². The summed E-state index contributed by atoms with van der Waals surface area (Å²) in [6.07, 6.45) is 5.14. The van der Waals surface area contributed by atoms with E-state index in [9.17, 15) is 0 Å². The second kappa shape index (κ2) is 4.41. The molecule has 4 nitrogen and oxygen atoms in total. The number of nitrogens with one attached hydrogen (secondary N) is 1. The van der Waals surface area contributed by atoms with Gasteiger partial charge < -0.3 is 4.74 Å². The maximum atomic E-state index is 7.77. The summed E-state index contributed by atoms with van der Waals surface area (Å²) < 4.78 is 6.94. The Morgan fingerprint density at radius 3 is 2.80 bits per heavy atom. The zero-order valence-electron chi connectivity index (χ0n) is 8.36. The molecule has 1 aromatic rings. The minimum atomic E-state index is -0.344. The Morgan fingerprint density at radius 1 is 1.73 bits per heavy atom. The third kappa shape index (κ3) is 2.11. The molecule has 0 atom stereocenters. The number of rotatable bonds is 3. The van der Waals surface area contributed by atoms with Crippen molar-refractivity contribution in [2.24, 2.45) is 0 Å². The van der Waals surface area contributed by atoms with Crippen molar-refractivity contribution < 1.29 is 4.74 Å². The molecule has 2 rings (SSSR count). The molecule has 1 aliphatic carbocycles. The smallest absolute Gasteiger partial charge is 0.209 e. The summed E-state index contributed by atoms with van der Waals surface area (Å²) in [6.45, 7) is 2.40. The quantitative estimate of drug-likeness (QED) is 0.661. The van der Waals surface area contributed by atoms with Crippen molar-refractivity contribution in [2.75, 3.05) is 6.61 Å². The van der Waals surface area contributed by atoms with E-state index < -0.39 is 0 Å². The predicted octanol–water partition coefficient (Wildman–Crippen LogP) is 2.46. The third-order valence-electron chi connectivity index (χ3n) is 2.42. The maximum Gasteiger partial charge on any atom is 0.209 e. The molecule has 15 heavy (non-hydrogen) atoms. The van der Waals surface area contributed by atoms with Crippen LogP contribution in [0.5, 0.6) is 0 Å². The largest absolute Gasteiger partial charge is 0.480 e. The Labute approximate surface area is 99.5 Å². The molecule has 0 amide bonds. The van der Waals surface area contributed by atoms with Crippen molar-refractivity contribution >= 4 is 29.9 Å². The van der Waals surface area contributed by atoms with E-state index in [0.717, 1.165) is 12.8 Å². The van der Waals surface area contributed by atoms with E-state index in [1.165, 1.54) is 0 Å². The second-order valence-electron chi connectivity index (χ2n) is 3.40. The first-order chi connectivity index (χ1) is 6.69. The summed E-state index contributed by atoms with van der Waals surface area (Å²) in [5.74, 6) is 0.291. The van der Waals surface area contributed by atoms with E-state index in [0.29, 0.717) is 17.5 Å². The topological polar surface area (TPSA) is 50.9 Å².